The van der Waals surface area contributed by atoms with Gasteiger partial charge in [-0.1, -0.05) is 23.7 Å². The van der Waals surface area contributed by atoms with E-state index in [9.17, 15) is 4.79 Å². The first kappa shape index (κ1) is 18.2. The molecule has 0 aromatic heterocycles. The van der Waals surface area contributed by atoms with Crippen molar-refractivity contribution in [2.75, 3.05) is 33.4 Å². The molecular formula is C17H26ClN3O2. The van der Waals surface area contributed by atoms with E-state index in [1.54, 1.807) is 7.11 Å². The van der Waals surface area contributed by atoms with Crippen LogP contribution in [0.15, 0.2) is 24.3 Å². The second kappa shape index (κ2) is 9.23. The van der Waals surface area contributed by atoms with Crippen molar-refractivity contribution < 1.29 is 9.53 Å². The van der Waals surface area contributed by atoms with Crippen LogP contribution in [-0.2, 0) is 16.1 Å². The number of hydrogen-bond donors (Lipinski definition) is 2. The highest BCUT2D eigenvalue weighted by Crippen LogP contribution is 2.19. The molecule has 128 valence electrons. The van der Waals surface area contributed by atoms with Gasteiger partial charge in [0.1, 0.15) is 6.04 Å². The van der Waals surface area contributed by atoms with Crippen LogP contribution in [0.5, 0.6) is 0 Å². The lowest BCUT2D eigenvalue weighted by molar-refractivity contribution is -0.123. The molecule has 0 saturated carbocycles. The summed E-state index contributed by atoms with van der Waals surface area (Å²) in [6.45, 7) is 4.01. The molecule has 1 amide bonds. The third-order valence-electron chi connectivity index (χ3n) is 4.27. The molecule has 1 aromatic carbocycles. The van der Waals surface area contributed by atoms with Gasteiger partial charge in [0.2, 0.25) is 5.91 Å². The Labute approximate surface area is 143 Å². The number of methoxy groups -OCH3 is 1. The monoisotopic (exact) mass is 339 g/mol. The molecular weight excluding hydrogens is 314 g/mol. The molecule has 5 nitrogen and oxygen atoms in total. The predicted molar refractivity (Wildman–Crippen MR) is 92.3 cm³/mol. The Bertz CT molecular complexity index is 487. The molecule has 1 aromatic rings. The first-order valence-corrected chi connectivity index (χ1v) is 8.45. The second-order valence-electron chi connectivity index (χ2n) is 6.15. The van der Waals surface area contributed by atoms with E-state index in [4.69, 9.17) is 22.1 Å². The van der Waals surface area contributed by atoms with Gasteiger partial charge in [0.25, 0.3) is 0 Å². The molecule has 0 bridgehead atoms. The Morgan fingerprint density at radius 2 is 2.04 bits per heavy atom. The minimum atomic E-state index is -0.579. The van der Waals surface area contributed by atoms with Crippen LogP contribution in [0.2, 0.25) is 5.02 Å². The molecule has 0 radical (unpaired) electrons. The summed E-state index contributed by atoms with van der Waals surface area (Å²) >= 11 is 5.91. The maximum absolute atomic E-state index is 11.8. The highest BCUT2D eigenvalue weighted by molar-refractivity contribution is 6.30. The van der Waals surface area contributed by atoms with Crippen LogP contribution in [-0.4, -0.2) is 50.2 Å². The Kier molecular flexibility index (Phi) is 7.30. The fraction of sp³-hybridized carbons (Fsp3) is 0.588. The van der Waals surface area contributed by atoms with E-state index in [1.165, 1.54) is 5.56 Å². The number of hydrogen-bond acceptors (Lipinski definition) is 4. The zero-order valence-electron chi connectivity index (χ0n) is 13.6. The molecule has 0 aliphatic carbocycles. The summed E-state index contributed by atoms with van der Waals surface area (Å²) in [6, 6.07) is 7.44. The Hall–Kier alpha value is -1.14. The molecule has 0 spiro atoms. The molecule has 1 unspecified atom stereocenters. The predicted octanol–water partition coefficient (Wildman–Crippen LogP) is 1.64. The molecule has 3 N–H and O–H groups in total. The van der Waals surface area contributed by atoms with E-state index in [1.807, 2.05) is 12.1 Å². The van der Waals surface area contributed by atoms with Crippen molar-refractivity contribution in [1.82, 2.24) is 10.2 Å². The van der Waals surface area contributed by atoms with E-state index in [0.717, 1.165) is 37.5 Å². The third kappa shape index (κ3) is 6.11. The van der Waals surface area contributed by atoms with Crippen LogP contribution in [0.3, 0.4) is 0 Å². The minimum Gasteiger partial charge on any atom is -0.383 e. The first-order chi connectivity index (χ1) is 11.1. The number of rotatable bonds is 7. The third-order valence-corrected chi connectivity index (χ3v) is 4.53. The Morgan fingerprint density at radius 1 is 1.39 bits per heavy atom. The van der Waals surface area contributed by atoms with Crippen molar-refractivity contribution in [3.05, 3.63) is 34.9 Å². The smallest absolute Gasteiger partial charge is 0.239 e. The van der Waals surface area contributed by atoms with Crippen LogP contribution < -0.4 is 11.1 Å². The summed E-state index contributed by atoms with van der Waals surface area (Å²) in [6.07, 6.45) is 2.18. The summed E-state index contributed by atoms with van der Waals surface area (Å²) in [4.78, 5) is 14.2. The Balaban J connectivity index is 1.67. The summed E-state index contributed by atoms with van der Waals surface area (Å²) < 4.78 is 4.89. The lowest BCUT2D eigenvalue weighted by Gasteiger charge is -2.32. The maximum atomic E-state index is 11.8. The summed E-state index contributed by atoms with van der Waals surface area (Å²) in [5, 5.41) is 3.70. The molecule has 23 heavy (non-hydrogen) atoms. The standard InChI is InChI=1S/C17H26ClN3O2/c1-23-12-16(19)17(22)20-10-13-6-8-21(9-7-13)11-14-2-4-15(18)5-3-14/h2-5,13,16H,6-12,19H2,1H3,(H,20,22). The van der Waals surface area contributed by atoms with Crippen LogP contribution in [0.4, 0.5) is 0 Å². The van der Waals surface area contributed by atoms with Gasteiger partial charge in [-0.25, -0.2) is 0 Å². The number of ether oxygens (including phenoxy) is 1. The average molecular weight is 340 g/mol. The number of halogens is 1. The van der Waals surface area contributed by atoms with E-state index in [0.29, 0.717) is 12.5 Å². The van der Waals surface area contributed by atoms with Crippen molar-refractivity contribution >= 4 is 17.5 Å². The molecule has 1 atom stereocenters. The van der Waals surface area contributed by atoms with Crippen molar-refractivity contribution in [2.45, 2.75) is 25.4 Å². The highest BCUT2D eigenvalue weighted by atomic mass is 35.5. The molecule has 1 aliphatic rings. The number of carbonyl (C=O) groups excluding carboxylic acids is 1. The number of amides is 1. The van der Waals surface area contributed by atoms with E-state index >= 15 is 0 Å². The van der Waals surface area contributed by atoms with Gasteiger partial charge in [-0.3, -0.25) is 9.69 Å². The van der Waals surface area contributed by atoms with Crippen LogP contribution in [0.25, 0.3) is 0 Å². The molecule has 1 fully saturated rings. The van der Waals surface area contributed by atoms with Gasteiger partial charge < -0.3 is 15.8 Å². The van der Waals surface area contributed by atoms with Gasteiger partial charge in [0.05, 0.1) is 6.61 Å². The van der Waals surface area contributed by atoms with Crippen molar-refractivity contribution in [2.24, 2.45) is 11.7 Å². The lowest BCUT2D eigenvalue weighted by Crippen LogP contribution is -2.46. The molecule has 6 heteroatoms. The van der Waals surface area contributed by atoms with Gasteiger partial charge in [-0.05, 0) is 49.5 Å². The number of carbonyl (C=O) groups is 1. The summed E-state index contributed by atoms with van der Waals surface area (Å²) in [5.41, 5.74) is 6.99. The number of nitrogens with one attached hydrogen (secondary N) is 1. The second-order valence-corrected chi connectivity index (χ2v) is 6.59. The van der Waals surface area contributed by atoms with Gasteiger partial charge in [-0.2, -0.15) is 0 Å². The molecule has 1 aliphatic heterocycles. The quantitative estimate of drug-likeness (QED) is 0.792. The molecule has 2 rings (SSSR count). The first-order valence-electron chi connectivity index (χ1n) is 8.07. The van der Waals surface area contributed by atoms with E-state index in [-0.39, 0.29) is 12.5 Å². The zero-order chi connectivity index (χ0) is 16.7. The number of nitrogens with zero attached hydrogens (tertiary/aromatic N) is 1. The average Bonchev–Trinajstić information content (AvgIpc) is 2.56. The van der Waals surface area contributed by atoms with Crippen molar-refractivity contribution in [1.29, 1.82) is 0 Å². The van der Waals surface area contributed by atoms with E-state index < -0.39 is 6.04 Å². The fourth-order valence-corrected chi connectivity index (χ4v) is 2.95. The Morgan fingerprint density at radius 3 is 2.65 bits per heavy atom. The summed E-state index contributed by atoms with van der Waals surface area (Å²) in [5.74, 6) is 0.394. The van der Waals surface area contributed by atoms with E-state index in [2.05, 4.69) is 22.3 Å². The maximum Gasteiger partial charge on any atom is 0.239 e. The van der Waals surface area contributed by atoms with Crippen molar-refractivity contribution in [3.8, 4) is 0 Å². The number of nitrogens with two attached hydrogens (primary N) is 1. The van der Waals surface area contributed by atoms with Gasteiger partial charge in [-0.15, -0.1) is 0 Å². The van der Waals surface area contributed by atoms with Crippen LogP contribution in [0.1, 0.15) is 18.4 Å². The normalized spacial score (nSPS) is 17.9. The van der Waals surface area contributed by atoms with Crippen molar-refractivity contribution in [3.63, 3.8) is 0 Å². The van der Waals surface area contributed by atoms with Crippen LogP contribution >= 0.6 is 11.6 Å². The lowest BCUT2D eigenvalue weighted by atomic mass is 9.96. The molecule has 1 heterocycles. The number of likely N-dealkylation sites (tertiary alicyclic amines) is 1. The van der Waals surface area contributed by atoms with Gasteiger partial charge >= 0.3 is 0 Å². The van der Waals surface area contributed by atoms with Gasteiger partial charge in [0, 0.05) is 25.2 Å². The highest BCUT2D eigenvalue weighted by Gasteiger charge is 2.21. The molecule has 1 saturated heterocycles. The van der Waals surface area contributed by atoms with Gasteiger partial charge in [0.15, 0.2) is 0 Å². The largest absolute Gasteiger partial charge is 0.383 e. The topological polar surface area (TPSA) is 67.6 Å². The SMILES string of the molecule is COCC(N)C(=O)NCC1CCN(Cc2ccc(Cl)cc2)CC1. The number of benzene rings is 1. The number of piperidine rings is 1. The zero-order valence-corrected chi connectivity index (χ0v) is 14.4. The minimum absolute atomic E-state index is 0.129. The van der Waals surface area contributed by atoms with Crippen LogP contribution in [0, 0.1) is 5.92 Å². The summed E-state index contributed by atoms with van der Waals surface area (Å²) in [7, 11) is 1.55. The fourth-order valence-electron chi connectivity index (χ4n) is 2.83.